The Labute approximate surface area is 141 Å². The normalized spacial score (nSPS) is 37.3. The lowest BCUT2D eigenvalue weighted by Gasteiger charge is -2.53. The molecule has 3 aliphatic rings. The van der Waals surface area contributed by atoms with Crippen LogP contribution in [0, 0.1) is 23.2 Å². The molecule has 0 aliphatic heterocycles. The van der Waals surface area contributed by atoms with E-state index >= 15 is 0 Å². The summed E-state index contributed by atoms with van der Waals surface area (Å²) in [4.78, 5) is 24.4. The first-order valence-electron chi connectivity index (χ1n) is 9.77. The van der Waals surface area contributed by atoms with Gasteiger partial charge in [0.15, 0.2) is 0 Å². The fourth-order valence-corrected chi connectivity index (χ4v) is 6.33. The Balaban J connectivity index is 1.92. The average molecular weight is 316 g/mol. The molecule has 0 heterocycles. The third kappa shape index (κ3) is 2.72. The molecule has 1 saturated carbocycles. The van der Waals surface area contributed by atoms with Crippen molar-refractivity contribution in [2.24, 2.45) is 23.2 Å². The van der Waals surface area contributed by atoms with Gasteiger partial charge in [-0.15, -0.1) is 0 Å². The lowest BCUT2D eigenvalue weighted by Crippen LogP contribution is -2.49. The first kappa shape index (κ1) is 16.9. The third-order valence-corrected chi connectivity index (χ3v) is 7.25. The van der Waals surface area contributed by atoms with E-state index in [-0.39, 0.29) is 5.41 Å². The van der Waals surface area contributed by atoms with Crippen molar-refractivity contribution in [1.29, 1.82) is 0 Å². The second kappa shape index (κ2) is 6.53. The lowest BCUT2D eigenvalue weighted by atomic mass is 9.50. The molecule has 0 amide bonds. The first-order chi connectivity index (χ1) is 11.0. The zero-order valence-electron chi connectivity index (χ0n) is 15.1. The van der Waals surface area contributed by atoms with Crippen molar-refractivity contribution in [2.75, 3.05) is 0 Å². The molecule has 3 rings (SSSR count). The Morgan fingerprint density at radius 1 is 1.17 bits per heavy atom. The number of ketones is 2. The SMILES string of the molecule is CCCC1(C(C)=O)CC[C@@H]2C3=C(CC[C@H]2C1CC)CC(=O)CC3. The zero-order valence-corrected chi connectivity index (χ0v) is 15.1. The molecule has 128 valence electrons. The maximum Gasteiger partial charge on any atom is 0.137 e. The second-order valence-electron chi connectivity index (χ2n) is 8.17. The van der Waals surface area contributed by atoms with E-state index in [1.54, 1.807) is 5.57 Å². The Bertz CT molecular complexity index is 530. The van der Waals surface area contributed by atoms with Crippen LogP contribution in [0.15, 0.2) is 11.1 Å². The van der Waals surface area contributed by atoms with Gasteiger partial charge in [0.2, 0.25) is 0 Å². The van der Waals surface area contributed by atoms with Crippen molar-refractivity contribution >= 4 is 11.6 Å². The van der Waals surface area contributed by atoms with Crippen LogP contribution in [0.2, 0.25) is 0 Å². The summed E-state index contributed by atoms with van der Waals surface area (Å²) in [6.07, 6.45) is 10.3. The number of fused-ring (bicyclic) bond motifs is 2. The molecule has 3 aliphatic carbocycles. The largest absolute Gasteiger partial charge is 0.299 e. The predicted molar refractivity (Wildman–Crippen MR) is 93.1 cm³/mol. The highest BCUT2D eigenvalue weighted by atomic mass is 16.1. The highest BCUT2D eigenvalue weighted by molar-refractivity contribution is 5.84. The Kier molecular flexibility index (Phi) is 4.80. The fraction of sp³-hybridized carbons (Fsp3) is 0.810. The van der Waals surface area contributed by atoms with E-state index in [2.05, 4.69) is 13.8 Å². The molecule has 0 saturated heterocycles. The molecule has 0 aromatic rings. The van der Waals surface area contributed by atoms with Gasteiger partial charge >= 0.3 is 0 Å². The highest BCUT2D eigenvalue weighted by Crippen LogP contribution is 2.58. The fourth-order valence-electron chi connectivity index (χ4n) is 6.33. The van der Waals surface area contributed by atoms with Crippen LogP contribution in [0.3, 0.4) is 0 Å². The molecule has 2 nitrogen and oxygen atoms in total. The van der Waals surface area contributed by atoms with Gasteiger partial charge in [-0.05, 0) is 63.2 Å². The van der Waals surface area contributed by atoms with E-state index < -0.39 is 0 Å². The molecule has 2 unspecified atom stereocenters. The van der Waals surface area contributed by atoms with Gasteiger partial charge < -0.3 is 0 Å². The minimum Gasteiger partial charge on any atom is -0.299 e. The van der Waals surface area contributed by atoms with Crippen molar-refractivity contribution in [2.45, 2.75) is 85.0 Å². The Morgan fingerprint density at radius 3 is 2.61 bits per heavy atom. The lowest BCUT2D eigenvalue weighted by molar-refractivity contribution is -0.137. The van der Waals surface area contributed by atoms with Crippen LogP contribution in [0.25, 0.3) is 0 Å². The Hall–Kier alpha value is -0.920. The minimum atomic E-state index is -0.0623. The monoisotopic (exact) mass is 316 g/mol. The smallest absolute Gasteiger partial charge is 0.137 e. The summed E-state index contributed by atoms with van der Waals surface area (Å²) < 4.78 is 0. The molecular formula is C21H32O2. The standard InChI is InChI=1S/C21H32O2/c1-4-11-21(14(3)22)12-10-18-17-9-7-16(23)13-15(17)6-8-19(18)20(21)5-2/h18-20H,4-13H2,1-3H3/t18-,19-,20?,21?/m1/s1. The number of hydrogen-bond acceptors (Lipinski definition) is 2. The molecular weight excluding hydrogens is 284 g/mol. The molecule has 1 fully saturated rings. The van der Waals surface area contributed by atoms with E-state index in [0.29, 0.717) is 29.3 Å². The number of carbonyl (C=O) groups excluding carboxylic acids is 2. The van der Waals surface area contributed by atoms with Gasteiger partial charge in [-0.25, -0.2) is 0 Å². The molecule has 0 aromatic carbocycles. The number of carbonyl (C=O) groups is 2. The van der Waals surface area contributed by atoms with Crippen LogP contribution in [0.4, 0.5) is 0 Å². The molecule has 2 heteroatoms. The summed E-state index contributed by atoms with van der Waals surface area (Å²) in [5, 5.41) is 0. The van der Waals surface area contributed by atoms with Gasteiger partial charge in [0.1, 0.15) is 11.6 Å². The Morgan fingerprint density at radius 2 is 1.96 bits per heavy atom. The van der Waals surface area contributed by atoms with E-state index in [4.69, 9.17) is 0 Å². The molecule has 23 heavy (non-hydrogen) atoms. The number of hydrogen-bond donors (Lipinski definition) is 0. The van der Waals surface area contributed by atoms with Crippen LogP contribution >= 0.6 is 0 Å². The summed E-state index contributed by atoms with van der Waals surface area (Å²) in [7, 11) is 0. The first-order valence-corrected chi connectivity index (χ1v) is 9.77. The van der Waals surface area contributed by atoms with Crippen molar-refractivity contribution in [1.82, 2.24) is 0 Å². The van der Waals surface area contributed by atoms with Gasteiger partial charge in [0.05, 0.1) is 0 Å². The molecule has 0 spiro atoms. The van der Waals surface area contributed by atoms with Crippen LogP contribution in [0.1, 0.15) is 85.0 Å². The van der Waals surface area contributed by atoms with E-state index in [9.17, 15) is 9.59 Å². The van der Waals surface area contributed by atoms with Crippen molar-refractivity contribution in [3.63, 3.8) is 0 Å². The van der Waals surface area contributed by atoms with Gasteiger partial charge in [0, 0.05) is 18.3 Å². The van der Waals surface area contributed by atoms with Gasteiger partial charge in [-0.3, -0.25) is 9.59 Å². The summed E-state index contributed by atoms with van der Waals surface area (Å²) in [6, 6.07) is 0. The third-order valence-electron chi connectivity index (χ3n) is 7.25. The van der Waals surface area contributed by atoms with Crippen LogP contribution < -0.4 is 0 Å². The highest BCUT2D eigenvalue weighted by Gasteiger charge is 2.52. The predicted octanol–water partition coefficient (Wildman–Crippen LogP) is 5.26. The molecule has 0 aromatic heterocycles. The zero-order chi connectivity index (χ0) is 16.6. The van der Waals surface area contributed by atoms with E-state index in [1.807, 2.05) is 6.92 Å². The summed E-state index contributed by atoms with van der Waals surface area (Å²) in [6.45, 7) is 6.35. The maximum absolute atomic E-state index is 12.6. The molecule has 0 bridgehead atoms. The number of rotatable bonds is 4. The van der Waals surface area contributed by atoms with Gasteiger partial charge in [0.25, 0.3) is 0 Å². The average Bonchev–Trinajstić information content (AvgIpc) is 2.53. The van der Waals surface area contributed by atoms with E-state index in [1.165, 1.54) is 18.4 Å². The summed E-state index contributed by atoms with van der Waals surface area (Å²) in [5.41, 5.74) is 3.05. The quantitative estimate of drug-likeness (QED) is 0.663. The number of allylic oxidation sites excluding steroid dienone is 2. The van der Waals surface area contributed by atoms with Crippen LogP contribution in [-0.4, -0.2) is 11.6 Å². The van der Waals surface area contributed by atoms with Crippen molar-refractivity contribution in [3.8, 4) is 0 Å². The molecule has 0 N–H and O–H groups in total. The molecule has 0 radical (unpaired) electrons. The van der Waals surface area contributed by atoms with Crippen molar-refractivity contribution < 1.29 is 9.59 Å². The number of Topliss-reactive ketones (excluding diaryl/α,β-unsaturated/α-hetero) is 2. The summed E-state index contributed by atoms with van der Waals surface area (Å²) >= 11 is 0. The van der Waals surface area contributed by atoms with Gasteiger partial charge in [-0.2, -0.15) is 0 Å². The minimum absolute atomic E-state index is 0.0623. The maximum atomic E-state index is 12.6. The van der Waals surface area contributed by atoms with Crippen LogP contribution in [0.5, 0.6) is 0 Å². The van der Waals surface area contributed by atoms with Gasteiger partial charge in [-0.1, -0.05) is 37.8 Å². The summed E-state index contributed by atoms with van der Waals surface area (Å²) in [5.74, 6) is 2.76. The second-order valence-corrected chi connectivity index (χ2v) is 8.17. The van der Waals surface area contributed by atoms with E-state index in [0.717, 1.165) is 51.4 Å². The van der Waals surface area contributed by atoms with Crippen molar-refractivity contribution in [3.05, 3.63) is 11.1 Å². The van der Waals surface area contributed by atoms with Crippen LogP contribution in [-0.2, 0) is 9.59 Å². The molecule has 4 atom stereocenters. The topological polar surface area (TPSA) is 34.1 Å².